The van der Waals surface area contributed by atoms with Gasteiger partial charge in [0.2, 0.25) is 0 Å². The molecular weight excluding hydrogens is 304 g/mol. The first-order chi connectivity index (χ1) is 8.10. The number of halogens is 2. The molecule has 0 aliphatic heterocycles. The second-order valence-corrected chi connectivity index (χ2v) is 4.75. The van der Waals surface area contributed by atoms with Crippen molar-refractivity contribution in [1.82, 2.24) is 9.97 Å². The molecule has 2 aromatic rings. The molecule has 17 heavy (non-hydrogen) atoms. The van der Waals surface area contributed by atoms with Crippen LogP contribution in [0.4, 0.5) is 5.82 Å². The van der Waals surface area contributed by atoms with E-state index in [0.717, 1.165) is 15.7 Å². The van der Waals surface area contributed by atoms with Gasteiger partial charge < -0.3 is 5.43 Å². The zero-order valence-electron chi connectivity index (χ0n) is 9.04. The molecule has 1 heterocycles. The summed E-state index contributed by atoms with van der Waals surface area (Å²) >= 11 is 9.37. The van der Waals surface area contributed by atoms with Gasteiger partial charge in [0.15, 0.2) is 5.82 Å². The number of nitrogens with one attached hydrogen (secondary N) is 1. The van der Waals surface area contributed by atoms with E-state index in [1.807, 2.05) is 19.1 Å². The lowest BCUT2D eigenvalue weighted by atomic mass is 10.2. The fourth-order valence-electron chi connectivity index (χ4n) is 1.41. The molecule has 0 unspecified atom stereocenters. The molecule has 1 aromatic carbocycles. The Morgan fingerprint density at radius 1 is 1.29 bits per heavy atom. The maximum atomic E-state index is 6.03. The lowest BCUT2D eigenvalue weighted by Gasteiger charge is -2.06. The summed E-state index contributed by atoms with van der Waals surface area (Å²) in [5, 5.41) is 0.620. The fourth-order valence-corrected chi connectivity index (χ4v) is 1.83. The summed E-state index contributed by atoms with van der Waals surface area (Å²) in [5.74, 6) is 6.51. The third kappa shape index (κ3) is 2.74. The average molecular weight is 314 g/mol. The molecule has 4 nitrogen and oxygen atoms in total. The summed E-state index contributed by atoms with van der Waals surface area (Å²) in [6.07, 6.45) is 0. The van der Waals surface area contributed by atoms with Gasteiger partial charge in [0.05, 0.1) is 5.02 Å². The van der Waals surface area contributed by atoms with Crippen molar-refractivity contribution in [3.63, 3.8) is 0 Å². The van der Waals surface area contributed by atoms with E-state index in [4.69, 9.17) is 17.4 Å². The second kappa shape index (κ2) is 5.00. The van der Waals surface area contributed by atoms with Gasteiger partial charge in [0.25, 0.3) is 0 Å². The molecule has 3 N–H and O–H groups in total. The minimum Gasteiger partial charge on any atom is -0.308 e. The van der Waals surface area contributed by atoms with Crippen molar-refractivity contribution in [1.29, 1.82) is 0 Å². The van der Waals surface area contributed by atoms with Crippen molar-refractivity contribution in [2.45, 2.75) is 6.92 Å². The predicted octanol–water partition coefficient (Wildman–Crippen LogP) is 3.15. The van der Waals surface area contributed by atoms with Crippen LogP contribution in [-0.2, 0) is 0 Å². The molecule has 0 aliphatic carbocycles. The third-order valence-corrected chi connectivity index (χ3v) is 3.41. The van der Waals surface area contributed by atoms with Crippen molar-refractivity contribution in [3.8, 4) is 11.4 Å². The summed E-state index contributed by atoms with van der Waals surface area (Å²) in [6.45, 7) is 1.88. The van der Waals surface area contributed by atoms with E-state index in [0.29, 0.717) is 16.7 Å². The normalized spacial score (nSPS) is 10.4. The van der Waals surface area contributed by atoms with Crippen molar-refractivity contribution < 1.29 is 0 Å². The summed E-state index contributed by atoms with van der Waals surface area (Å²) in [7, 11) is 0. The summed E-state index contributed by atoms with van der Waals surface area (Å²) in [5.41, 5.74) is 4.19. The maximum absolute atomic E-state index is 6.03. The van der Waals surface area contributed by atoms with Crippen molar-refractivity contribution in [2.75, 3.05) is 5.43 Å². The molecule has 0 atom stereocenters. The molecule has 0 aliphatic rings. The molecule has 0 fully saturated rings. The minimum atomic E-state index is 0.576. The molecule has 0 amide bonds. The number of aryl methyl sites for hydroxylation is 1. The van der Waals surface area contributed by atoms with E-state index in [1.165, 1.54) is 0 Å². The number of hydrogen-bond donors (Lipinski definition) is 2. The second-order valence-electron chi connectivity index (χ2n) is 3.49. The van der Waals surface area contributed by atoms with Crippen LogP contribution in [0.5, 0.6) is 0 Å². The Hall–Kier alpha value is -1.17. The highest BCUT2D eigenvalue weighted by atomic mass is 79.9. The van der Waals surface area contributed by atoms with Gasteiger partial charge in [-0.25, -0.2) is 15.8 Å². The predicted molar refractivity (Wildman–Crippen MR) is 72.7 cm³/mol. The van der Waals surface area contributed by atoms with Crippen LogP contribution in [0.1, 0.15) is 5.69 Å². The highest BCUT2D eigenvalue weighted by Gasteiger charge is 2.06. The third-order valence-electron chi connectivity index (χ3n) is 2.18. The highest BCUT2D eigenvalue weighted by molar-refractivity contribution is 9.10. The number of hydrazine groups is 1. The molecule has 2 rings (SSSR count). The Bertz CT molecular complexity index is 559. The van der Waals surface area contributed by atoms with Crippen molar-refractivity contribution >= 4 is 33.3 Å². The molecule has 0 spiro atoms. The minimum absolute atomic E-state index is 0.576. The Morgan fingerprint density at radius 2 is 2.06 bits per heavy atom. The van der Waals surface area contributed by atoms with Crippen LogP contribution in [0.3, 0.4) is 0 Å². The van der Waals surface area contributed by atoms with E-state index < -0.39 is 0 Å². The molecular formula is C11H10BrClN4. The molecule has 6 heteroatoms. The van der Waals surface area contributed by atoms with E-state index in [-0.39, 0.29) is 0 Å². The number of nitrogen functional groups attached to an aromatic ring is 1. The van der Waals surface area contributed by atoms with Gasteiger partial charge >= 0.3 is 0 Å². The highest BCUT2D eigenvalue weighted by Crippen LogP contribution is 2.27. The number of aromatic nitrogens is 2. The monoisotopic (exact) mass is 312 g/mol. The standard InChI is InChI=1S/C11H10BrClN4/c1-6-4-10(17-14)16-11(15-6)7-2-3-8(12)9(13)5-7/h2-5H,14H2,1H3,(H,15,16,17). The smallest absolute Gasteiger partial charge is 0.161 e. The molecule has 1 aromatic heterocycles. The number of rotatable bonds is 2. The first kappa shape index (κ1) is 12.3. The number of nitrogens with zero attached hydrogens (tertiary/aromatic N) is 2. The van der Waals surface area contributed by atoms with E-state index in [2.05, 4.69) is 31.3 Å². The van der Waals surface area contributed by atoms with E-state index >= 15 is 0 Å². The fraction of sp³-hybridized carbons (Fsp3) is 0.0909. The number of nitrogens with two attached hydrogens (primary N) is 1. The van der Waals surface area contributed by atoms with Gasteiger partial charge in [-0.1, -0.05) is 11.6 Å². The Balaban J connectivity index is 2.52. The van der Waals surface area contributed by atoms with Gasteiger partial charge in [-0.3, -0.25) is 0 Å². The van der Waals surface area contributed by atoms with Crippen LogP contribution in [0.25, 0.3) is 11.4 Å². The summed E-state index contributed by atoms with van der Waals surface area (Å²) < 4.78 is 0.841. The van der Waals surface area contributed by atoms with Crippen LogP contribution >= 0.6 is 27.5 Å². The SMILES string of the molecule is Cc1cc(NN)nc(-c2ccc(Br)c(Cl)c2)n1. The van der Waals surface area contributed by atoms with Crippen LogP contribution in [0.15, 0.2) is 28.7 Å². The number of anilines is 1. The lowest BCUT2D eigenvalue weighted by molar-refractivity contribution is 1.09. The first-order valence-electron chi connectivity index (χ1n) is 4.88. The Kier molecular flexibility index (Phi) is 3.61. The lowest BCUT2D eigenvalue weighted by Crippen LogP contribution is -2.09. The van der Waals surface area contributed by atoms with Crippen molar-refractivity contribution in [3.05, 3.63) is 39.5 Å². The molecule has 0 bridgehead atoms. The van der Waals surface area contributed by atoms with Gasteiger partial charge in [0.1, 0.15) is 5.82 Å². The summed E-state index contributed by atoms with van der Waals surface area (Å²) in [6, 6.07) is 7.33. The zero-order valence-corrected chi connectivity index (χ0v) is 11.4. The molecule has 88 valence electrons. The van der Waals surface area contributed by atoms with Gasteiger partial charge in [-0.15, -0.1) is 0 Å². The van der Waals surface area contributed by atoms with Crippen molar-refractivity contribution in [2.24, 2.45) is 5.84 Å². The maximum Gasteiger partial charge on any atom is 0.161 e. The van der Waals surface area contributed by atoms with Crippen LogP contribution < -0.4 is 11.3 Å². The number of hydrogen-bond acceptors (Lipinski definition) is 4. The quantitative estimate of drug-likeness (QED) is 0.660. The van der Waals surface area contributed by atoms with Crippen LogP contribution in [-0.4, -0.2) is 9.97 Å². The van der Waals surface area contributed by atoms with Gasteiger partial charge in [-0.2, -0.15) is 0 Å². The van der Waals surface area contributed by atoms with E-state index in [9.17, 15) is 0 Å². The number of benzene rings is 1. The zero-order chi connectivity index (χ0) is 12.4. The Morgan fingerprint density at radius 3 is 2.71 bits per heavy atom. The average Bonchev–Trinajstić information content (AvgIpc) is 2.32. The topological polar surface area (TPSA) is 63.8 Å². The first-order valence-corrected chi connectivity index (χ1v) is 6.05. The van der Waals surface area contributed by atoms with E-state index in [1.54, 1.807) is 12.1 Å². The molecule has 0 radical (unpaired) electrons. The molecule has 0 saturated carbocycles. The Labute approximate surface area is 112 Å². The van der Waals surface area contributed by atoms with Gasteiger partial charge in [-0.05, 0) is 41.1 Å². The van der Waals surface area contributed by atoms with Crippen LogP contribution in [0.2, 0.25) is 5.02 Å². The molecule has 0 saturated heterocycles. The van der Waals surface area contributed by atoms with Gasteiger partial charge in [0, 0.05) is 21.8 Å². The van der Waals surface area contributed by atoms with Crippen LogP contribution in [0, 0.1) is 6.92 Å². The largest absolute Gasteiger partial charge is 0.308 e. The summed E-state index contributed by atoms with van der Waals surface area (Å²) in [4.78, 5) is 8.61.